The van der Waals surface area contributed by atoms with Gasteiger partial charge in [-0.2, -0.15) is 0 Å². The molecule has 13 heavy (non-hydrogen) atoms. The van der Waals surface area contributed by atoms with E-state index < -0.39 is 24.8 Å². The van der Waals surface area contributed by atoms with Gasteiger partial charge < -0.3 is 29.4 Å². The Balaban J connectivity index is -0.0000000450. The maximum atomic E-state index is 8.48. The Morgan fingerprint density at radius 2 is 0.538 bits per heavy atom. The first-order valence-electron chi connectivity index (χ1n) is 1.64. The van der Waals surface area contributed by atoms with Crippen LogP contribution in [0.5, 0.6) is 0 Å². The van der Waals surface area contributed by atoms with E-state index in [1.54, 1.807) is 0 Å². The minimum absolute atomic E-state index is 0. The SMILES string of the molecule is O=[P+]([O-])[O-].O=[P+]([O-])[O-].O=[P+]([O-])[O-].[Sb+3]. The first-order chi connectivity index (χ1) is 5.20. The van der Waals surface area contributed by atoms with Crippen LogP contribution in [0.3, 0.4) is 0 Å². The molecule has 0 spiro atoms. The van der Waals surface area contributed by atoms with Crippen molar-refractivity contribution in [1.29, 1.82) is 0 Å². The fraction of sp³-hybridized carbons (Fsp3) is 0. The molecule has 0 aromatic rings. The summed E-state index contributed by atoms with van der Waals surface area (Å²) in [5, 5.41) is 0. The fourth-order valence-electron chi connectivity index (χ4n) is 0. The number of rotatable bonds is 0. The molecule has 0 aliphatic heterocycles. The molecule has 0 heterocycles. The molecule has 2 radical (unpaired) electrons. The van der Waals surface area contributed by atoms with Gasteiger partial charge in [-0.3, -0.25) is 0 Å². The third-order valence-corrected chi connectivity index (χ3v) is 0. The van der Waals surface area contributed by atoms with Crippen LogP contribution >= 0.6 is 24.8 Å². The predicted octanol–water partition coefficient (Wildman–Crippen LogP) is -5.29. The van der Waals surface area contributed by atoms with Crippen LogP contribution in [0.2, 0.25) is 0 Å². The molecule has 0 bridgehead atoms. The Hall–Kier alpha value is 0.878. The summed E-state index contributed by atoms with van der Waals surface area (Å²) in [5.74, 6) is 0. The zero-order valence-corrected chi connectivity index (χ0v) is 10.7. The quantitative estimate of drug-likeness (QED) is 0.300. The molecule has 74 valence electrons. The van der Waals surface area contributed by atoms with Gasteiger partial charge in [0.15, 0.2) is 0 Å². The fourth-order valence-corrected chi connectivity index (χ4v) is 0. The zero-order valence-electron chi connectivity index (χ0n) is 5.46. The molecule has 13 heteroatoms. The van der Waals surface area contributed by atoms with Crippen molar-refractivity contribution in [2.24, 2.45) is 0 Å². The van der Waals surface area contributed by atoms with Gasteiger partial charge in [-0.15, -0.1) is 0 Å². The van der Waals surface area contributed by atoms with Crippen molar-refractivity contribution in [3.63, 3.8) is 0 Å². The van der Waals surface area contributed by atoms with Gasteiger partial charge >= 0.3 is 24.4 Å². The van der Waals surface area contributed by atoms with Crippen molar-refractivity contribution in [1.82, 2.24) is 0 Å². The largest absolute Gasteiger partial charge is 3.00 e. The van der Waals surface area contributed by atoms with E-state index in [0.717, 1.165) is 0 Å². The second-order valence-corrected chi connectivity index (χ2v) is 2.01. The van der Waals surface area contributed by atoms with E-state index in [1.807, 2.05) is 0 Å². The standard InChI is InChI=1S/3HO3P.Sb/c3*1-4(2)3;/h3*(H,1,2,3);/q;;;+3/p-3. The Kier molecular flexibility index (Phi) is 33.8. The molecule has 0 saturated heterocycles. The summed E-state index contributed by atoms with van der Waals surface area (Å²) >= 11 is 0. The van der Waals surface area contributed by atoms with Crippen LogP contribution in [-0.4, -0.2) is 24.4 Å². The summed E-state index contributed by atoms with van der Waals surface area (Å²) in [7, 11) is -10.1. The van der Waals surface area contributed by atoms with Crippen LogP contribution in [0.4, 0.5) is 0 Å². The second-order valence-electron chi connectivity index (χ2n) is 0.671. The molecule has 0 atom stereocenters. The van der Waals surface area contributed by atoms with E-state index in [1.165, 1.54) is 0 Å². The van der Waals surface area contributed by atoms with Gasteiger partial charge in [0.2, 0.25) is 0 Å². The van der Waals surface area contributed by atoms with Gasteiger partial charge in [0.05, 0.1) is 0 Å². The predicted molar refractivity (Wildman–Crippen MR) is 28.6 cm³/mol. The van der Waals surface area contributed by atoms with Crippen molar-refractivity contribution in [3.05, 3.63) is 0 Å². The van der Waals surface area contributed by atoms with E-state index in [4.69, 9.17) is 43.1 Å². The Labute approximate surface area is 92.4 Å². The summed E-state index contributed by atoms with van der Waals surface area (Å²) in [6.45, 7) is 0. The van der Waals surface area contributed by atoms with Crippen molar-refractivity contribution in [2.45, 2.75) is 0 Å². The molecule has 0 saturated carbocycles. The first-order valence-corrected chi connectivity index (χ1v) is 4.93. The monoisotopic (exact) mass is 358 g/mol. The smallest absolute Gasteiger partial charge is 0.598 e. The van der Waals surface area contributed by atoms with Gasteiger partial charge in [0.25, 0.3) is 24.8 Å². The average molecular weight is 359 g/mol. The maximum absolute atomic E-state index is 8.48. The normalized spacial score (nSPS) is 6.00. The molecule has 9 nitrogen and oxygen atoms in total. The first kappa shape index (κ1) is 23.6. The molecule has 0 aliphatic rings. The number of hydrogen-bond acceptors (Lipinski definition) is 9. The zero-order chi connectivity index (χ0) is 10.7. The van der Waals surface area contributed by atoms with Gasteiger partial charge in [-0.1, -0.05) is 13.7 Å². The summed E-state index contributed by atoms with van der Waals surface area (Å²) in [4.78, 5) is 50.9. The van der Waals surface area contributed by atoms with E-state index in [9.17, 15) is 0 Å². The molecule has 0 unspecified atom stereocenters. The molecule has 0 aliphatic carbocycles. The summed E-state index contributed by atoms with van der Waals surface area (Å²) in [6, 6.07) is 0. The van der Waals surface area contributed by atoms with Crippen molar-refractivity contribution < 1.29 is 43.1 Å². The van der Waals surface area contributed by atoms with E-state index in [0.29, 0.717) is 0 Å². The van der Waals surface area contributed by atoms with Crippen molar-refractivity contribution >= 4 is 49.2 Å². The minimum Gasteiger partial charge on any atom is -0.598 e. The molecular weight excluding hydrogens is 359 g/mol. The van der Waals surface area contributed by atoms with Gasteiger partial charge in [-0.05, 0) is 0 Å². The van der Waals surface area contributed by atoms with Crippen LogP contribution in [0.15, 0.2) is 0 Å². The van der Waals surface area contributed by atoms with Crippen LogP contribution in [0.1, 0.15) is 0 Å². The van der Waals surface area contributed by atoms with E-state index in [-0.39, 0.29) is 24.4 Å². The Morgan fingerprint density at radius 3 is 0.538 bits per heavy atom. The Bertz CT molecular complexity index is 112. The van der Waals surface area contributed by atoms with E-state index >= 15 is 0 Å². The molecular formula is O9P3Sb. The molecule has 0 fully saturated rings. The minimum atomic E-state index is -3.37. The summed E-state index contributed by atoms with van der Waals surface area (Å²) < 4.78 is 25.4. The van der Waals surface area contributed by atoms with Gasteiger partial charge in [-0.25, -0.2) is 0 Å². The van der Waals surface area contributed by atoms with Crippen LogP contribution in [-0.2, 0) is 13.7 Å². The van der Waals surface area contributed by atoms with Crippen LogP contribution in [0.25, 0.3) is 0 Å². The molecule has 0 aromatic carbocycles. The van der Waals surface area contributed by atoms with Gasteiger partial charge in [0.1, 0.15) is 0 Å². The van der Waals surface area contributed by atoms with Crippen molar-refractivity contribution in [3.8, 4) is 0 Å². The van der Waals surface area contributed by atoms with Crippen LogP contribution < -0.4 is 29.4 Å². The third kappa shape index (κ3) is 1980. The van der Waals surface area contributed by atoms with Crippen molar-refractivity contribution in [2.75, 3.05) is 0 Å². The molecule has 0 N–H and O–H groups in total. The number of hydrogen-bond donors (Lipinski definition) is 0. The summed E-state index contributed by atoms with van der Waals surface area (Å²) in [6.07, 6.45) is 0. The second kappa shape index (κ2) is 18.6. The molecule has 0 aromatic heterocycles. The Morgan fingerprint density at radius 1 is 0.538 bits per heavy atom. The topological polar surface area (TPSA) is 190 Å². The summed E-state index contributed by atoms with van der Waals surface area (Å²) in [5.41, 5.74) is 0. The molecule has 0 amide bonds. The van der Waals surface area contributed by atoms with Gasteiger partial charge in [0, 0.05) is 0 Å². The maximum Gasteiger partial charge on any atom is 3.00 e. The average Bonchev–Trinajstić information content (AvgIpc) is 1.54. The third-order valence-electron chi connectivity index (χ3n) is 0. The molecule has 0 rings (SSSR count). The van der Waals surface area contributed by atoms with E-state index in [2.05, 4.69) is 0 Å². The van der Waals surface area contributed by atoms with Crippen LogP contribution in [0, 0.1) is 0 Å².